The molecule has 3 heterocycles. The van der Waals surface area contributed by atoms with Crippen LogP contribution in [0.1, 0.15) is 66.9 Å². The lowest BCUT2D eigenvalue weighted by atomic mass is 9.45. The molecule has 1 N–H and O–H groups in total. The number of hydrogen-bond acceptors (Lipinski definition) is 3. The molecule has 3 saturated carbocycles. The largest absolute Gasteiger partial charge is 0.350 e. The molecule has 6 heteroatoms. The number of fused-ring (bicyclic) bond motifs is 3. The number of carbonyl (C=O) groups is 2. The van der Waals surface area contributed by atoms with E-state index in [1.54, 1.807) is 16.7 Å². The molecule has 3 aliphatic carbocycles. The van der Waals surface area contributed by atoms with Crippen molar-refractivity contribution in [2.45, 2.75) is 46.0 Å². The standard InChI is InChI=1S/C23H30N4O2/c1-23(2)16-9-8-15(17(23)12-16)13-24-21(28)19-6-5-7-20-25-18(14-27(19)20)22(29)26-10-3-4-11-26/h5-7,14-17H,3-4,8-13H2,1-2H3,(H,24,28)/t15-,16-,17-/m0/s1. The fourth-order valence-corrected chi connectivity index (χ4v) is 5.90. The van der Waals surface area contributed by atoms with Crippen LogP contribution in [0.25, 0.3) is 5.65 Å². The van der Waals surface area contributed by atoms with Crippen LogP contribution in [0.2, 0.25) is 0 Å². The molecule has 0 aromatic carbocycles. The summed E-state index contributed by atoms with van der Waals surface area (Å²) in [6.07, 6.45) is 7.61. The van der Waals surface area contributed by atoms with Crippen LogP contribution in [-0.2, 0) is 0 Å². The topological polar surface area (TPSA) is 66.7 Å². The molecular formula is C23H30N4O2. The smallest absolute Gasteiger partial charge is 0.274 e. The van der Waals surface area contributed by atoms with Gasteiger partial charge in [-0.25, -0.2) is 4.98 Å². The summed E-state index contributed by atoms with van der Waals surface area (Å²) in [5.74, 6) is 2.02. The van der Waals surface area contributed by atoms with Crippen molar-refractivity contribution in [2.75, 3.05) is 19.6 Å². The van der Waals surface area contributed by atoms with Gasteiger partial charge in [-0.2, -0.15) is 0 Å². The number of nitrogens with one attached hydrogen (secondary N) is 1. The first-order valence-corrected chi connectivity index (χ1v) is 11.0. The third-order valence-electron chi connectivity index (χ3n) is 7.86. The summed E-state index contributed by atoms with van der Waals surface area (Å²) < 4.78 is 1.75. The summed E-state index contributed by atoms with van der Waals surface area (Å²) in [7, 11) is 0. The summed E-state index contributed by atoms with van der Waals surface area (Å²) in [5, 5.41) is 3.16. The van der Waals surface area contributed by atoms with Gasteiger partial charge in [0.25, 0.3) is 11.8 Å². The maximum atomic E-state index is 13.0. The Bertz CT molecular complexity index is 955. The molecule has 4 aliphatic rings. The highest BCUT2D eigenvalue weighted by atomic mass is 16.2. The molecule has 1 saturated heterocycles. The second kappa shape index (κ2) is 6.85. The molecular weight excluding hydrogens is 364 g/mol. The van der Waals surface area contributed by atoms with E-state index in [0.29, 0.717) is 28.4 Å². The van der Waals surface area contributed by atoms with E-state index in [1.165, 1.54) is 19.3 Å². The van der Waals surface area contributed by atoms with E-state index < -0.39 is 0 Å². The number of aromatic nitrogens is 2. The number of hydrogen-bond donors (Lipinski definition) is 1. The lowest BCUT2D eigenvalue weighted by molar-refractivity contribution is -0.103. The van der Waals surface area contributed by atoms with Crippen LogP contribution < -0.4 is 5.32 Å². The number of carbonyl (C=O) groups excluding carboxylic acids is 2. The molecule has 0 spiro atoms. The van der Waals surface area contributed by atoms with E-state index in [9.17, 15) is 9.59 Å². The van der Waals surface area contributed by atoms with Gasteiger partial charge >= 0.3 is 0 Å². The van der Waals surface area contributed by atoms with Crippen LogP contribution in [0.5, 0.6) is 0 Å². The molecule has 154 valence electrons. The first-order valence-electron chi connectivity index (χ1n) is 11.0. The minimum absolute atomic E-state index is 0.0402. The lowest BCUT2D eigenvalue weighted by Gasteiger charge is -2.60. The molecule has 0 radical (unpaired) electrons. The Morgan fingerprint density at radius 2 is 2.00 bits per heavy atom. The van der Waals surface area contributed by atoms with Crippen molar-refractivity contribution >= 4 is 17.5 Å². The Balaban J connectivity index is 1.32. The first kappa shape index (κ1) is 18.6. The van der Waals surface area contributed by atoms with E-state index in [1.807, 2.05) is 17.0 Å². The third kappa shape index (κ3) is 3.04. The molecule has 0 unspecified atom stereocenters. The number of likely N-dealkylation sites (tertiary alicyclic amines) is 1. The Morgan fingerprint density at radius 3 is 2.72 bits per heavy atom. The summed E-state index contributed by atoms with van der Waals surface area (Å²) in [5.41, 5.74) is 2.02. The van der Waals surface area contributed by atoms with Gasteiger partial charge in [-0.3, -0.25) is 14.0 Å². The molecule has 6 nitrogen and oxygen atoms in total. The van der Waals surface area contributed by atoms with Gasteiger partial charge in [-0.05, 0) is 67.4 Å². The molecule has 2 amide bonds. The molecule has 1 aliphatic heterocycles. The summed E-state index contributed by atoms with van der Waals surface area (Å²) in [6, 6.07) is 5.48. The normalized spacial score (nSPS) is 27.7. The van der Waals surface area contributed by atoms with E-state index in [2.05, 4.69) is 24.1 Å². The van der Waals surface area contributed by atoms with Gasteiger partial charge in [0.1, 0.15) is 17.0 Å². The van der Waals surface area contributed by atoms with Crippen LogP contribution in [-0.4, -0.2) is 45.7 Å². The maximum absolute atomic E-state index is 13.0. The van der Waals surface area contributed by atoms with E-state index >= 15 is 0 Å². The second-order valence-electron chi connectivity index (χ2n) is 9.67. The zero-order valence-electron chi connectivity index (χ0n) is 17.4. The van der Waals surface area contributed by atoms with Gasteiger partial charge in [-0.1, -0.05) is 19.9 Å². The average molecular weight is 395 g/mol. The van der Waals surface area contributed by atoms with Crippen molar-refractivity contribution in [3.8, 4) is 0 Å². The molecule has 4 fully saturated rings. The fourth-order valence-electron chi connectivity index (χ4n) is 5.90. The summed E-state index contributed by atoms with van der Waals surface area (Å²) in [4.78, 5) is 32.0. The SMILES string of the molecule is CC1(C)[C@H]2CC[C@@H](CNC(=O)c3cccc4nc(C(=O)N5CCCC5)cn34)[C@@H]1C2. The molecule has 3 atom stereocenters. The van der Waals surface area contributed by atoms with Gasteiger partial charge in [0.05, 0.1) is 0 Å². The van der Waals surface area contributed by atoms with Crippen LogP contribution in [0.4, 0.5) is 0 Å². The van der Waals surface area contributed by atoms with Gasteiger partial charge < -0.3 is 10.2 Å². The number of imidazole rings is 1. The minimum atomic E-state index is -0.0903. The first-order chi connectivity index (χ1) is 13.9. The average Bonchev–Trinajstić information content (AvgIpc) is 3.41. The zero-order chi connectivity index (χ0) is 20.2. The van der Waals surface area contributed by atoms with Gasteiger partial charge in [0.2, 0.25) is 0 Å². The molecule has 6 rings (SSSR count). The van der Waals surface area contributed by atoms with Crippen molar-refractivity contribution < 1.29 is 9.59 Å². The van der Waals surface area contributed by atoms with E-state index in [-0.39, 0.29) is 11.8 Å². The zero-order valence-corrected chi connectivity index (χ0v) is 17.4. The van der Waals surface area contributed by atoms with Crippen LogP contribution in [0, 0.1) is 23.2 Å². The van der Waals surface area contributed by atoms with Crippen LogP contribution in [0.3, 0.4) is 0 Å². The van der Waals surface area contributed by atoms with Gasteiger partial charge in [0, 0.05) is 25.8 Å². The highest BCUT2D eigenvalue weighted by molar-refractivity contribution is 5.95. The number of amides is 2. The van der Waals surface area contributed by atoms with Crippen molar-refractivity contribution in [1.29, 1.82) is 0 Å². The second-order valence-corrected chi connectivity index (χ2v) is 9.67. The third-order valence-corrected chi connectivity index (χ3v) is 7.86. The van der Waals surface area contributed by atoms with E-state index in [4.69, 9.17) is 0 Å². The van der Waals surface area contributed by atoms with Crippen molar-refractivity contribution in [3.05, 3.63) is 35.8 Å². The highest BCUT2D eigenvalue weighted by Gasteiger charge is 2.53. The number of rotatable bonds is 4. The fraction of sp³-hybridized carbons (Fsp3) is 0.609. The Morgan fingerprint density at radius 1 is 1.21 bits per heavy atom. The Hall–Kier alpha value is -2.37. The minimum Gasteiger partial charge on any atom is -0.350 e. The van der Waals surface area contributed by atoms with Crippen LogP contribution in [0.15, 0.2) is 24.4 Å². The lowest BCUT2D eigenvalue weighted by Crippen LogP contribution is -2.54. The van der Waals surface area contributed by atoms with Gasteiger partial charge in [0.15, 0.2) is 0 Å². The monoisotopic (exact) mass is 394 g/mol. The van der Waals surface area contributed by atoms with Crippen LogP contribution >= 0.6 is 0 Å². The molecule has 2 aromatic heterocycles. The summed E-state index contributed by atoms with van der Waals surface area (Å²) in [6.45, 7) is 7.07. The number of nitrogens with zero attached hydrogens (tertiary/aromatic N) is 3. The van der Waals surface area contributed by atoms with Gasteiger partial charge in [-0.15, -0.1) is 0 Å². The quantitative estimate of drug-likeness (QED) is 0.865. The number of pyridine rings is 1. The Labute approximate surface area is 171 Å². The molecule has 29 heavy (non-hydrogen) atoms. The maximum Gasteiger partial charge on any atom is 0.274 e. The van der Waals surface area contributed by atoms with Crippen molar-refractivity contribution in [1.82, 2.24) is 19.6 Å². The van der Waals surface area contributed by atoms with E-state index in [0.717, 1.165) is 44.3 Å². The highest BCUT2D eigenvalue weighted by Crippen LogP contribution is 2.61. The predicted octanol–water partition coefficient (Wildman–Crippen LogP) is 3.37. The Kier molecular flexibility index (Phi) is 4.41. The molecule has 2 aromatic rings. The van der Waals surface area contributed by atoms with Crippen molar-refractivity contribution in [2.24, 2.45) is 23.2 Å². The predicted molar refractivity (Wildman–Crippen MR) is 111 cm³/mol. The summed E-state index contributed by atoms with van der Waals surface area (Å²) >= 11 is 0. The van der Waals surface area contributed by atoms with Crippen molar-refractivity contribution in [3.63, 3.8) is 0 Å². The molecule has 2 bridgehead atoms.